The zero-order chi connectivity index (χ0) is 19.3. The lowest BCUT2D eigenvalue weighted by Crippen LogP contribution is -2.30. The van der Waals surface area contributed by atoms with E-state index in [0.29, 0.717) is 12.2 Å². The summed E-state index contributed by atoms with van der Waals surface area (Å²) in [7, 11) is -2.08. The Bertz CT molecular complexity index is 984. The SMILES string of the molecule is COc1ccccc1C(Cc1ccccc1)NS(=O)(=O)c1ccc(C)cc1. The fourth-order valence-corrected chi connectivity index (χ4v) is 4.21. The van der Waals surface area contributed by atoms with Crippen molar-refractivity contribution < 1.29 is 13.2 Å². The first-order valence-electron chi connectivity index (χ1n) is 8.75. The molecule has 0 fully saturated rings. The highest BCUT2D eigenvalue weighted by atomic mass is 32.2. The first-order valence-corrected chi connectivity index (χ1v) is 10.2. The molecule has 5 heteroatoms. The fourth-order valence-electron chi connectivity index (χ4n) is 2.99. The summed E-state index contributed by atoms with van der Waals surface area (Å²) in [6, 6.07) is 23.7. The highest BCUT2D eigenvalue weighted by molar-refractivity contribution is 7.89. The number of benzene rings is 3. The fraction of sp³-hybridized carbons (Fsp3) is 0.182. The maximum Gasteiger partial charge on any atom is 0.241 e. The minimum absolute atomic E-state index is 0.251. The number of sulfonamides is 1. The topological polar surface area (TPSA) is 55.4 Å². The summed E-state index contributed by atoms with van der Waals surface area (Å²) in [5, 5.41) is 0. The van der Waals surface area contributed by atoms with E-state index in [9.17, 15) is 8.42 Å². The van der Waals surface area contributed by atoms with Gasteiger partial charge in [-0.05, 0) is 37.1 Å². The lowest BCUT2D eigenvalue weighted by Gasteiger charge is -2.21. The van der Waals surface area contributed by atoms with Crippen molar-refractivity contribution in [2.45, 2.75) is 24.3 Å². The second-order valence-corrected chi connectivity index (χ2v) is 8.13. The van der Waals surface area contributed by atoms with Gasteiger partial charge in [-0.25, -0.2) is 13.1 Å². The summed E-state index contributed by atoms with van der Waals surface area (Å²) < 4.78 is 34.3. The molecule has 0 aliphatic heterocycles. The Kier molecular flexibility index (Phi) is 5.94. The maximum absolute atomic E-state index is 13.0. The van der Waals surface area contributed by atoms with Crippen molar-refractivity contribution in [3.63, 3.8) is 0 Å². The molecule has 0 aliphatic carbocycles. The Morgan fingerprint density at radius 3 is 2.19 bits per heavy atom. The summed E-state index contributed by atoms with van der Waals surface area (Å²) in [5.41, 5.74) is 2.86. The highest BCUT2D eigenvalue weighted by Gasteiger charge is 2.24. The smallest absolute Gasteiger partial charge is 0.241 e. The first kappa shape index (κ1) is 19.1. The van der Waals surface area contributed by atoms with Gasteiger partial charge in [0.15, 0.2) is 0 Å². The Hall–Kier alpha value is -2.63. The largest absolute Gasteiger partial charge is 0.496 e. The number of ether oxygens (including phenoxy) is 1. The van der Waals surface area contributed by atoms with Gasteiger partial charge < -0.3 is 4.74 Å². The van der Waals surface area contributed by atoms with Crippen molar-refractivity contribution in [2.75, 3.05) is 7.11 Å². The average molecular weight is 381 g/mol. The summed E-state index contributed by atoms with van der Waals surface area (Å²) in [6.45, 7) is 1.93. The molecule has 140 valence electrons. The van der Waals surface area contributed by atoms with Crippen LogP contribution in [0.3, 0.4) is 0 Å². The third-order valence-electron chi connectivity index (χ3n) is 4.43. The average Bonchev–Trinajstić information content (AvgIpc) is 2.68. The molecule has 27 heavy (non-hydrogen) atoms. The van der Waals surface area contributed by atoms with E-state index < -0.39 is 16.1 Å². The molecule has 0 amide bonds. The van der Waals surface area contributed by atoms with Gasteiger partial charge in [0, 0.05) is 5.56 Å². The van der Waals surface area contributed by atoms with Crippen LogP contribution in [0, 0.1) is 6.92 Å². The van der Waals surface area contributed by atoms with Crippen molar-refractivity contribution in [3.05, 3.63) is 95.6 Å². The maximum atomic E-state index is 13.0. The summed E-state index contributed by atoms with van der Waals surface area (Å²) in [4.78, 5) is 0.251. The van der Waals surface area contributed by atoms with Crippen LogP contribution in [0.5, 0.6) is 5.75 Å². The second kappa shape index (κ2) is 8.37. The van der Waals surface area contributed by atoms with Gasteiger partial charge in [0.1, 0.15) is 5.75 Å². The standard InChI is InChI=1S/C22H23NO3S/c1-17-12-14-19(15-13-17)27(24,25)23-21(16-18-8-4-3-5-9-18)20-10-6-7-11-22(20)26-2/h3-15,21,23H,16H2,1-2H3. The van der Waals surface area contributed by atoms with Crippen LogP contribution in [0.25, 0.3) is 0 Å². The van der Waals surface area contributed by atoms with Crippen molar-refractivity contribution in [3.8, 4) is 5.75 Å². The Balaban J connectivity index is 1.97. The van der Waals surface area contributed by atoms with Gasteiger partial charge in [0.2, 0.25) is 10.0 Å². The van der Waals surface area contributed by atoms with Gasteiger partial charge in [0.25, 0.3) is 0 Å². The lowest BCUT2D eigenvalue weighted by molar-refractivity contribution is 0.403. The molecule has 0 heterocycles. The Morgan fingerprint density at radius 2 is 1.52 bits per heavy atom. The molecule has 3 aromatic carbocycles. The molecule has 0 saturated heterocycles. The molecule has 0 bridgehead atoms. The third kappa shape index (κ3) is 4.76. The molecule has 0 spiro atoms. The lowest BCUT2D eigenvalue weighted by atomic mass is 9.99. The normalized spacial score (nSPS) is 12.5. The van der Waals surface area contributed by atoms with Gasteiger partial charge in [-0.3, -0.25) is 0 Å². The first-order chi connectivity index (χ1) is 13.0. The quantitative estimate of drug-likeness (QED) is 0.665. The molecular formula is C22H23NO3S. The molecule has 0 radical (unpaired) electrons. The number of methoxy groups -OCH3 is 1. The van der Waals surface area contributed by atoms with Gasteiger partial charge in [-0.2, -0.15) is 0 Å². The van der Waals surface area contributed by atoms with E-state index in [4.69, 9.17) is 4.74 Å². The molecule has 0 saturated carbocycles. The van der Waals surface area contributed by atoms with Crippen LogP contribution in [0.15, 0.2) is 83.8 Å². The number of rotatable bonds is 7. The van der Waals surface area contributed by atoms with E-state index in [1.54, 1.807) is 31.4 Å². The van der Waals surface area contributed by atoms with Gasteiger partial charge in [0.05, 0.1) is 18.0 Å². The van der Waals surface area contributed by atoms with E-state index >= 15 is 0 Å². The molecule has 0 aliphatic rings. The van der Waals surface area contributed by atoms with Gasteiger partial charge >= 0.3 is 0 Å². The van der Waals surface area contributed by atoms with E-state index in [-0.39, 0.29) is 4.90 Å². The van der Waals surface area contributed by atoms with Crippen molar-refractivity contribution in [1.82, 2.24) is 4.72 Å². The molecule has 3 aromatic rings. The van der Waals surface area contributed by atoms with E-state index in [1.165, 1.54) is 0 Å². The number of para-hydroxylation sites is 1. The van der Waals surface area contributed by atoms with E-state index in [0.717, 1.165) is 16.7 Å². The molecule has 4 nitrogen and oxygen atoms in total. The number of nitrogens with one attached hydrogen (secondary N) is 1. The van der Waals surface area contributed by atoms with Gasteiger partial charge in [-0.15, -0.1) is 0 Å². The van der Waals surface area contributed by atoms with Crippen molar-refractivity contribution in [2.24, 2.45) is 0 Å². The van der Waals surface area contributed by atoms with Crippen LogP contribution in [0.1, 0.15) is 22.7 Å². The minimum atomic E-state index is -3.68. The highest BCUT2D eigenvalue weighted by Crippen LogP contribution is 2.29. The Labute approximate surface area is 160 Å². The van der Waals surface area contributed by atoms with Crippen LogP contribution < -0.4 is 9.46 Å². The summed E-state index contributed by atoms with van der Waals surface area (Å²) in [6.07, 6.45) is 0.520. The molecule has 0 aromatic heterocycles. The van der Waals surface area contributed by atoms with Crippen LogP contribution in [0.2, 0.25) is 0 Å². The zero-order valence-electron chi connectivity index (χ0n) is 15.4. The number of hydrogen-bond acceptors (Lipinski definition) is 3. The monoisotopic (exact) mass is 381 g/mol. The van der Waals surface area contributed by atoms with Crippen molar-refractivity contribution >= 4 is 10.0 Å². The predicted octanol–water partition coefficient (Wildman–Crippen LogP) is 4.27. The van der Waals surface area contributed by atoms with Crippen LogP contribution in [-0.2, 0) is 16.4 Å². The molecule has 1 unspecified atom stereocenters. The van der Waals surface area contributed by atoms with E-state index in [1.807, 2.05) is 61.5 Å². The molecule has 3 rings (SSSR count). The number of aryl methyl sites for hydroxylation is 1. The summed E-state index contributed by atoms with van der Waals surface area (Å²) in [5.74, 6) is 0.657. The van der Waals surface area contributed by atoms with Crippen LogP contribution in [-0.4, -0.2) is 15.5 Å². The van der Waals surface area contributed by atoms with E-state index in [2.05, 4.69) is 4.72 Å². The zero-order valence-corrected chi connectivity index (χ0v) is 16.2. The van der Waals surface area contributed by atoms with Crippen LogP contribution >= 0.6 is 0 Å². The van der Waals surface area contributed by atoms with Gasteiger partial charge in [-0.1, -0.05) is 66.2 Å². The predicted molar refractivity (Wildman–Crippen MR) is 107 cm³/mol. The van der Waals surface area contributed by atoms with Crippen molar-refractivity contribution in [1.29, 1.82) is 0 Å². The summed E-state index contributed by atoms with van der Waals surface area (Å²) >= 11 is 0. The Morgan fingerprint density at radius 1 is 0.889 bits per heavy atom. The second-order valence-electron chi connectivity index (χ2n) is 6.42. The molecular weight excluding hydrogens is 358 g/mol. The molecule has 1 N–H and O–H groups in total. The van der Waals surface area contributed by atoms with Crippen LogP contribution in [0.4, 0.5) is 0 Å². The number of hydrogen-bond donors (Lipinski definition) is 1. The minimum Gasteiger partial charge on any atom is -0.496 e. The molecule has 1 atom stereocenters. The third-order valence-corrected chi connectivity index (χ3v) is 5.91.